The highest BCUT2D eigenvalue weighted by Gasteiger charge is 2.46. The number of nitro benzene ring substituents is 1. The van der Waals surface area contributed by atoms with Crippen LogP contribution in [-0.4, -0.2) is 71.1 Å². The highest BCUT2D eigenvalue weighted by Crippen LogP contribution is 2.37. The van der Waals surface area contributed by atoms with Gasteiger partial charge in [-0.1, -0.05) is 0 Å². The van der Waals surface area contributed by atoms with Crippen molar-refractivity contribution in [2.45, 2.75) is 64.8 Å². The molecule has 0 aliphatic carbocycles. The Kier molecular flexibility index (Phi) is 6.80. The Labute approximate surface area is 192 Å². The smallest absolute Gasteiger partial charge is 0.410 e. The molecule has 2 N–H and O–H groups in total. The number of benzene rings is 1. The standard InChI is InChI=1S/C22H31N5O6/c1-13(2)24-19(28)10-23-20(29)17-9-14(6-7-18(17)27(31)32)25-11-16-8-15(25)12-26(16)21(30)33-22(3,4)5/h6-7,9,13,15-16H,8,10-12H2,1-5H3,(H,23,29)(H,24,28)/t15-,16-/m0/s1. The molecule has 1 aromatic rings. The van der Waals surface area contributed by atoms with Crippen molar-refractivity contribution < 1.29 is 24.0 Å². The van der Waals surface area contributed by atoms with E-state index in [1.54, 1.807) is 24.8 Å². The molecule has 11 heteroatoms. The Morgan fingerprint density at radius 1 is 1.21 bits per heavy atom. The monoisotopic (exact) mass is 461 g/mol. The van der Waals surface area contributed by atoms with Crippen LogP contribution in [0.15, 0.2) is 18.2 Å². The predicted octanol–water partition coefficient (Wildman–Crippen LogP) is 2.05. The van der Waals surface area contributed by atoms with Gasteiger partial charge in [0, 0.05) is 36.9 Å². The van der Waals surface area contributed by atoms with Gasteiger partial charge in [0.25, 0.3) is 11.6 Å². The van der Waals surface area contributed by atoms with E-state index in [1.807, 2.05) is 20.8 Å². The summed E-state index contributed by atoms with van der Waals surface area (Å²) >= 11 is 0. The average Bonchev–Trinajstić information content (AvgIpc) is 3.30. The number of nitrogens with zero attached hydrogens (tertiary/aromatic N) is 3. The van der Waals surface area contributed by atoms with E-state index >= 15 is 0 Å². The van der Waals surface area contributed by atoms with Gasteiger partial charge in [-0.05, 0) is 53.2 Å². The molecule has 33 heavy (non-hydrogen) atoms. The number of hydrogen-bond acceptors (Lipinski definition) is 7. The lowest BCUT2D eigenvalue weighted by atomic mass is 10.1. The number of rotatable bonds is 6. The summed E-state index contributed by atoms with van der Waals surface area (Å²) in [5, 5.41) is 16.6. The van der Waals surface area contributed by atoms with E-state index in [1.165, 1.54) is 12.1 Å². The number of fused-ring (bicyclic) bond motifs is 2. The average molecular weight is 462 g/mol. The van der Waals surface area contributed by atoms with Gasteiger partial charge in [0.15, 0.2) is 0 Å². The first-order chi connectivity index (χ1) is 15.4. The van der Waals surface area contributed by atoms with E-state index in [4.69, 9.17) is 4.74 Å². The maximum absolute atomic E-state index is 12.7. The van der Waals surface area contributed by atoms with Crippen LogP contribution in [0.3, 0.4) is 0 Å². The second-order valence-corrected chi connectivity index (χ2v) is 9.69. The number of nitro groups is 1. The van der Waals surface area contributed by atoms with Crippen LogP contribution in [-0.2, 0) is 9.53 Å². The Balaban J connectivity index is 1.73. The summed E-state index contributed by atoms with van der Waals surface area (Å²) in [6.07, 6.45) is 0.408. The molecule has 1 aromatic carbocycles. The summed E-state index contributed by atoms with van der Waals surface area (Å²) in [4.78, 5) is 51.6. The molecule has 0 aromatic heterocycles. The SMILES string of the molecule is CC(C)NC(=O)CNC(=O)c1cc(N2C[C@@H]3C[C@H]2CN3C(=O)OC(C)(C)C)ccc1[N+](=O)[O-]. The lowest BCUT2D eigenvalue weighted by molar-refractivity contribution is -0.385. The minimum atomic E-state index is -0.692. The third-order valence-electron chi connectivity index (χ3n) is 5.48. The highest BCUT2D eigenvalue weighted by molar-refractivity contribution is 6.00. The van der Waals surface area contributed by atoms with E-state index in [9.17, 15) is 24.5 Å². The van der Waals surface area contributed by atoms with Gasteiger partial charge in [-0.3, -0.25) is 19.7 Å². The maximum Gasteiger partial charge on any atom is 0.410 e. The van der Waals surface area contributed by atoms with Crippen molar-refractivity contribution in [2.24, 2.45) is 0 Å². The quantitative estimate of drug-likeness (QED) is 0.489. The molecule has 2 atom stereocenters. The largest absolute Gasteiger partial charge is 0.444 e. The fourth-order valence-electron chi connectivity index (χ4n) is 4.20. The van der Waals surface area contributed by atoms with E-state index in [2.05, 4.69) is 15.5 Å². The van der Waals surface area contributed by atoms with Crippen molar-refractivity contribution in [3.8, 4) is 0 Å². The highest BCUT2D eigenvalue weighted by atomic mass is 16.6. The van der Waals surface area contributed by atoms with Crippen LogP contribution in [0.5, 0.6) is 0 Å². The number of hydrogen-bond donors (Lipinski definition) is 2. The van der Waals surface area contributed by atoms with E-state index in [-0.39, 0.29) is 47.9 Å². The van der Waals surface area contributed by atoms with E-state index in [0.717, 1.165) is 6.42 Å². The molecule has 0 radical (unpaired) electrons. The Morgan fingerprint density at radius 2 is 1.91 bits per heavy atom. The molecule has 180 valence electrons. The van der Waals surface area contributed by atoms with Crippen LogP contribution < -0.4 is 15.5 Å². The Bertz CT molecular complexity index is 957. The molecule has 3 amide bonds. The minimum absolute atomic E-state index is 0.0247. The normalized spacial score (nSPS) is 19.6. The van der Waals surface area contributed by atoms with Crippen LogP contribution in [0, 0.1) is 10.1 Å². The Morgan fingerprint density at radius 3 is 2.45 bits per heavy atom. The maximum atomic E-state index is 12.7. The molecule has 2 bridgehead atoms. The van der Waals surface area contributed by atoms with Crippen molar-refractivity contribution in [3.05, 3.63) is 33.9 Å². The summed E-state index contributed by atoms with van der Waals surface area (Å²) in [5.41, 5.74) is -0.360. The summed E-state index contributed by atoms with van der Waals surface area (Å²) < 4.78 is 5.49. The van der Waals surface area contributed by atoms with Crippen LogP contribution in [0.2, 0.25) is 0 Å². The molecule has 2 aliphatic rings. The zero-order chi connectivity index (χ0) is 24.5. The molecular weight excluding hydrogens is 430 g/mol. The Hall–Kier alpha value is -3.37. The van der Waals surface area contributed by atoms with Gasteiger partial charge in [0.1, 0.15) is 11.2 Å². The fraction of sp³-hybridized carbons (Fsp3) is 0.591. The van der Waals surface area contributed by atoms with E-state index < -0.39 is 16.4 Å². The van der Waals surface area contributed by atoms with Gasteiger partial charge < -0.3 is 25.2 Å². The lowest BCUT2D eigenvalue weighted by Gasteiger charge is -2.36. The number of likely N-dealkylation sites (tertiary alicyclic amines) is 1. The fourth-order valence-corrected chi connectivity index (χ4v) is 4.20. The number of amides is 3. The second-order valence-electron chi connectivity index (χ2n) is 9.69. The number of nitrogens with one attached hydrogen (secondary N) is 2. The molecule has 0 spiro atoms. The number of carbonyl (C=O) groups excluding carboxylic acids is 3. The molecule has 2 saturated heterocycles. The second kappa shape index (κ2) is 9.24. The summed E-state index contributed by atoms with van der Waals surface area (Å²) in [6, 6.07) is 4.30. The van der Waals surface area contributed by atoms with Crippen molar-refractivity contribution in [1.29, 1.82) is 0 Å². The topological polar surface area (TPSA) is 134 Å². The molecule has 2 aliphatic heterocycles. The van der Waals surface area contributed by atoms with E-state index in [0.29, 0.717) is 18.8 Å². The summed E-state index contributed by atoms with van der Waals surface area (Å²) in [5.74, 6) is -1.07. The van der Waals surface area contributed by atoms with Gasteiger partial charge in [0.2, 0.25) is 5.91 Å². The minimum Gasteiger partial charge on any atom is -0.444 e. The first-order valence-corrected chi connectivity index (χ1v) is 11.0. The third kappa shape index (κ3) is 5.71. The van der Waals surface area contributed by atoms with Crippen molar-refractivity contribution >= 4 is 29.3 Å². The van der Waals surface area contributed by atoms with Gasteiger partial charge in [-0.15, -0.1) is 0 Å². The molecule has 2 heterocycles. The number of piperazine rings is 1. The first-order valence-electron chi connectivity index (χ1n) is 11.0. The van der Waals surface area contributed by atoms with Crippen molar-refractivity contribution in [1.82, 2.24) is 15.5 Å². The molecule has 2 fully saturated rings. The van der Waals surface area contributed by atoms with Gasteiger partial charge >= 0.3 is 6.09 Å². The van der Waals surface area contributed by atoms with Gasteiger partial charge in [0.05, 0.1) is 17.5 Å². The predicted molar refractivity (Wildman–Crippen MR) is 121 cm³/mol. The van der Waals surface area contributed by atoms with Crippen LogP contribution in [0.1, 0.15) is 51.4 Å². The molecular formula is C22H31N5O6. The van der Waals surface area contributed by atoms with Crippen molar-refractivity contribution in [2.75, 3.05) is 24.5 Å². The lowest BCUT2D eigenvalue weighted by Crippen LogP contribution is -2.50. The van der Waals surface area contributed by atoms with Gasteiger partial charge in [-0.2, -0.15) is 0 Å². The molecule has 0 unspecified atom stereocenters. The zero-order valence-corrected chi connectivity index (χ0v) is 19.6. The number of anilines is 1. The third-order valence-corrected chi connectivity index (χ3v) is 5.48. The number of ether oxygens (including phenoxy) is 1. The first kappa shape index (κ1) is 24.3. The number of carbonyl (C=O) groups is 3. The van der Waals surface area contributed by atoms with Crippen LogP contribution >= 0.6 is 0 Å². The zero-order valence-electron chi connectivity index (χ0n) is 19.6. The van der Waals surface area contributed by atoms with Gasteiger partial charge in [-0.25, -0.2) is 4.79 Å². The summed E-state index contributed by atoms with van der Waals surface area (Å²) in [6.45, 7) is 9.79. The molecule has 11 nitrogen and oxygen atoms in total. The van der Waals surface area contributed by atoms with Crippen LogP contribution in [0.25, 0.3) is 0 Å². The van der Waals surface area contributed by atoms with Crippen LogP contribution in [0.4, 0.5) is 16.2 Å². The summed E-state index contributed by atoms with van der Waals surface area (Å²) in [7, 11) is 0. The molecule has 0 saturated carbocycles. The van der Waals surface area contributed by atoms with Crippen molar-refractivity contribution in [3.63, 3.8) is 0 Å². The molecule has 3 rings (SSSR count).